The number of carbonyl (C=O) groups excluding carboxylic acids is 1. The van der Waals surface area contributed by atoms with Gasteiger partial charge in [0.05, 0.1) is 31.9 Å². The van der Waals surface area contributed by atoms with Gasteiger partial charge in [-0.05, 0) is 63.2 Å². The van der Waals surface area contributed by atoms with Gasteiger partial charge in [-0.25, -0.2) is 9.79 Å². The van der Waals surface area contributed by atoms with E-state index in [9.17, 15) is 10.1 Å². The first-order valence-electron chi connectivity index (χ1n) is 14.4. The van der Waals surface area contributed by atoms with Gasteiger partial charge in [-0.15, -0.1) is 0 Å². The number of nitriles is 1. The SMILES string of the molecule is CCOC(=O)NC(=N[C@@H](CC(C)(C)C)C(C)=NC1(C#N)CCN(C2CCC(C)(C)CC2)C1)N1CCOCC1. The lowest BCUT2D eigenvalue weighted by Gasteiger charge is -2.38. The third-order valence-corrected chi connectivity index (χ3v) is 8.07. The number of amides is 1. The summed E-state index contributed by atoms with van der Waals surface area (Å²) in [6.07, 6.45) is 5.81. The van der Waals surface area contributed by atoms with Crippen LogP contribution in [0.3, 0.4) is 0 Å². The average Bonchev–Trinajstić information content (AvgIpc) is 3.27. The van der Waals surface area contributed by atoms with E-state index in [0.717, 1.165) is 25.1 Å². The van der Waals surface area contributed by atoms with Crippen molar-refractivity contribution in [3.8, 4) is 6.07 Å². The molecular weight excluding hydrogens is 480 g/mol. The summed E-state index contributed by atoms with van der Waals surface area (Å²) in [5.41, 5.74) is 0.479. The minimum Gasteiger partial charge on any atom is -0.450 e. The number of likely N-dealkylation sites (tertiary alicyclic amines) is 1. The van der Waals surface area contributed by atoms with Crippen LogP contribution in [0.5, 0.6) is 0 Å². The van der Waals surface area contributed by atoms with Crippen LogP contribution in [0.15, 0.2) is 9.98 Å². The zero-order chi connectivity index (χ0) is 28.0. The second-order valence-electron chi connectivity index (χ2n) is 13.2. The molecule has 0 aromatic carbocycles. The van der Waals surface area contributed by atoms with Crippen molar-refractivity contribution in [2.75, 3.05) is 46.0 Å². The highest BCUT2D eigenvalue weighted by Crippen LogP contribution is 2.39. The predicted octanol–water partition coefficient (Wildman–Crippen LogP) is 4.62. The molecule has 3 fully saturated rings. The molecule has 1 aliphatic carbocycles. The van der Waals surface area contributed by atoms with E-state index in [1.54, 1.807) is 6.92 Å². The lowest BCUT2D eigenvalue weighted by Crippen LogP contribution is -2.50. The topological polar surface area (TPSA) is 103 Å². The molecule has 0 aromatic heterocycles. The normalized spacial score (nSPS) is 26.6. The van der Waals surface area contributed by atoms with Crippen molar-refractivity contribution >= 4 is 17.8 Å². The van der Waals surface area contributed by atoms with Crippen LogP contribution < -0.4 is 5.32 Å². The maximum absolute atomic E-state index is 12.4. The standard InChI is InChI=1S/C29H50N6O3/c1-8-38-26(36)32-25(34-15-17-37-18-16-34)31-24(19-27(3,4)5)22(2)33-29(20-30)13-14-35(21-29)23-9-11-28(6,7)12-10-23/h23-24H,8-19,21H2,1-7H3,(H,31,32,36)/t24-,29?/m0/s1. The molecule has 9 heteroatoms. The Balaban J connectivity index is 1.85. The molecule has 1 N–H and O–H groups in total. The molecule has 38 heavy (non-hydrogen) atoms. The van der Waals surface area contributed by atoms with Crippen LogP contribution in [-0.2, 0) is 9.47 Å². The second-order valence-corrected chi connectivity index (χ2v) is 13.2. The Labute approximate surface area is 230 Å². The summed E-state index contributed by atoms with van der Waals surface area (Å²) in [6, 6.07) is 2.85. The van der Waals surface area contributed by atoms with Crippen LogP contribution in [0.4, 0.5) is 4.79 Å². The van der Waals surface area contributed by atoms with Gasteiger partial charge >= 0.3 is 6.09 Å². The second kappa shape index (κ2) is 12.8. The lowest BCUT2D eigenvalue weighted by molar-refractivity contribution is 0.0659. The number of nitrogens with one attached hydrogen (secondary N) is 1. The highest BCUT2D eigenvalue weighted by Gasteiger charge is 2.42. The first-order valence-corrected chi connectivity index (χ1v) is 14.4. The van der Waals surface area contributed by atoms with Crippen LogP contribution in [0.1, 0.15) is 87.0 Å². The Bertz CT molecular complexity index is 902. The molecule has 214 valence electrons. The molecule has 0 spiro atoms. The minimum absolute atomic E-state index is 0.0264. The summed E-state index contributed by atoms with van der Waals surface area (Å²) < 4.78 is 10.7. The van der Waals surface area contributed by atoms with Crippen LogP contribution in [-0.4, -0.2) is 91.2 Å². The Hall–Kier alpha value is -2.18. The van der Waals surface area contributed by atoms with Gasteiger partial charge in [0.1, 0.15) is 0 Å². The Kier molecular flexibility index (Phi) is 10.2. The molecule has 2 heterocycles. The zero-order valence-electron chi connectivity index (χ0n) is 24.8. The number of nitrogens with zero attached hydrogens (tertiary/aromatic N) is 5. The highest BCUT2D eigenvalue weighted by molar-refractivity contribution is 5.97. The summed E-state index contributed by atoms with van der Waals surface area (Å²) in [4.78, 5) is 27.1. The molecule has 1 amide bonds. The Morgan fingerprint density at radius 2 is 1.84 bits per heavy atom. The molecule has 2 aliphatic heterocycles. The third-order valence-electron chi connectivity index (χ3n) is 8.07. The van der Waals surface area contributed by atoms with Gasteiger partial charge in [-0.2, -0.15) is 5.26 Å². The Morgan fingerprint density at radius 3 is 2.42 bits per heavy atom. The molecular formula is C29H50N6O3. The van der Waals surface area contributed by atoms with E-state index in [-0.39, 0.29) is 18.1 Å². The molecule has 0 bridgehead atoms. The van der Waals surface area contributed by atoms with E-state index in [2.05, 4.69) is 50.9 Å². The van der Waals surface area contributed by atoms with Crippen molar-refractivity contribution in [1.29, 1.82) is 5.26 Å². The zero-order valence-corrected chi connectivity index (χ0v) is 24.8. The molecule has 1 unspecified atom stereocenters. The number of carbonyl (C=O) groups is 1. The van der Waals surface area contributed by atoms with E-state index in [0.29, 0.717) is 50.3 Å². The van der Waals surface area contributed by atoms with Crippen LogP contribution in [0, 0.1) is 22.2 Å². The summed E-state index contributed by atoms with van der Waals surface area (Å²) in [5, 5.41) is 13.2. The number of alkyl carbamates (subject to hydrolysis) is 1. The molecule has 0 radical (unpaired) electrons. The van der Waals surface area contributed by atoms with Crippen LogP contribution in [0.25, 0.3) is 0 Å². The van der Waals surface area contributed by atoms with Gasteiger partial charge in [-0.1, -0.05) is 34.6 Å². The van der Waals surface area contributed by atoms with Gasteiger partial charge in [-0.3, -0.25) is 15.2 Å². The van der Waals surface area contributed by atoms with Crippen molar-refractivity contribution in [3.05, 3.63) is 0 Å². The van der Waals surface area contributed by atoms with Crippen LogP contribution >= 0.6 is 0 Å². The van der Waals surface area contributed by atoms with Crippen molar-refractivity contribution in [2.45, 2.75) is 105 Å². The molecule has 2 saturated heterocycles. The molecule has 3 aliphatic rings. The fourth-order valence-electron chi connectivity index (χ4n) is 5.74. The monoisotopic (exact) mass is 530 g/mol. The smallest absolute Gasteiger partial charge is 0.413 e. The van der Waals surface area contributed by atoms with Gasteiger partial charge < -0.3 is 14.4 Å². The number of rotatable bonds is 6. The van der Waals surface area contributed by atoms with Gasteiger partial charge in [0.2, 0.25) is 5.96 Å². The molecule has 0 aromatic rings. The molecule has 2 atom stereocenters. The molecule has 3 rings (SSSR count). The minimum atomic E-state index is -0.754. The predicted molar refractivity (Wildman–Crippen MR) is 152 cm³/mol. The number of ether oxygens (including phenoxy) is 2. The van der Waals surface area contributed by atoms with Crippen molar-refractivity contribution < 1.29 is 14.3 Å². The highest BCUT2D eigenvalue weighted by atomic mass is 16.5. The van der Waals surface area contributed by atoms with Gasteiger partial charge in [0, 0.05) is 37.9 Å². The number of hydrogen-bond donors (Lipinski definition) is 1. The van der Waals surface area contributed by atoms with E-state index < -0.39 is 11.6 Å². The molecule has 1 saturated carbocycles. The maximum Gasteiger partial charge on any atom is 0.413 e. The fourth-order valence-corrected chi connectivity index (χ4v) is 5.74. The summed E-state index contributed by atoms with van der Waals surface area (Å²) in [6.45, 7) is 19.3. The van der Waals surface area contributed by atoms with E-state index in [1.165, 1.54) is 25.7 Å². The summed E-state index contributed by atoms with van der Waals surface area (Å²) >= 11 is 0. The van der Waals surface area contributed by atoms with Crippen molar-refractivity contribution in [3.63, 3.8) is 0 Å². The van der Waals surface area contributed by atoms with E-state index >= 15 is 0 Å². The van der Waals surface area contributed by atoms with Crippen molar-refractivity contribution in [2.24, 2.45) is 20.8 Å². The van der Waals surface area contributed by atoms with Crippen molar-refractivity contribution in [1.82, 2.24) is 15.1 Å². The number of hydrogen-bond acceptors (Lipinski definition) is 7. The first kappa shape index (κ1) is 30.4. The first-order chi connectivity index (χ1) is 17.9. The van der Waals surface area contributed by atoms with Gasteiger partial charge in [0.15, 0.2) is 5.54 Å². The third kappa shape index (κ3) is 8.67. The Morgan fingerprint density at radius 1 is 1.18 bits per heavy atom. The van der Waals surface area contributed by atoms with E-state index in [4.69, 9.17) is 19.5 Å². The number of guanidine groups is 1. The average molecular weight is 531 g/mol. The van der Waals surface area contributed by atoms with E-state index in [1.807, 2.05) is 11.8 Å². The number of morpholine rings is 1. The maximum atomic E-state index is 12.4. The summed E-state index contributed by atoms with van der Waals surface area (Å²) in [5.74, 6) is 0.486. The van der Waals surface area contributed by atoms with Crippen LogP contribution in [0.2, 0.25) is 0 Å². The molecule has 9 nitrogen and oxygen atoms in total. The largest absolute Gasteiger partial charge is 0.450 e. The summed E-state index contributed by atoms with van der Waals surface area (Å²) in [7, 11) is 0. The van der Waals surface area contributed by atoms with Gasteiger partial charge in [0.25, 0.3) is 0 Å². The fraction of sp³-hybridized carbons (Fsp3) is 0.862. The quantitative estimate of drug-likeness (QED) is 0.397. The number of aliphatic imine (C=N–C) groups is 2. The lowest BCUT2D eigenvalue weighted by atomic mass is 9.75.